The highest BCUT2D eigenvalue weighted by Gasteiger charge is 2.26. The Hall–Kier alpha value is -1.16. The van der Waals surface area contributed by atoms with Crippen molar-refractivity contribution in [1.82, 2.24) is 0 Å². The van der Waals surface area contributed by atoms with Crippen LogP contribution in [0.3, 0.4) is 0 Å². The van der Waals surface area contributed by atoms with E-state index in [1.165, 1.54) is 11.3 Å². The number of benzene rings is 1. The standard InChI is InChI=1S/C13H11ClO2S/c1-13(16,9-3-2-4-11(14)5-9)10-6-12(7-15)17-8-10/h2-8,16H,1H3. The van der Waals surface area contributed by atoms with Gasteiger partial charge in [-0.3, -0.25) is 4.79 Å². The number of aldehydes is 1. The minimum absolute atomic E-state index is 0.577. The van der Waals surface area contributed by atoms with Crippen LogP contribution < -0.4 is 0 Å². The van der Waals surface area contributed by atoms with Gasteiger partial charge < -0.3 is 5.11 Å². The lowest BCUT2D eigenvalue weighted by Crippen LogP contribution is -2.21. The number of carbonyl (C=O) groups excluding carboxylic acids is 1. The van der Waals surface area contributed by atoms with Crippen LogP contribution in [-0.2, 0) is 5.60 Å². The molecule has 17 heavy (non-hydrogen) atoms. The Labute approximate surface area is 108 Å². The van der Waals surface area contributed by atoms with Crippen LogP contribution in [0, 0.1) is 0 Å². The maximum absolute atomic E-state index is 10.6. The first kappa shape index (κ1) is 12.3. The molecule has 2 rings (SSSR count). The first-order valence-corrected chi connectivity index (χ1v) is 6.32. The van der Waals surface area contributed by atoms with Crippen molar-refractivity contribution in [2.75, 3.05) is 0 Å². The second-order valence-corrected chi connectivity index (χ2v) is 5.32. The van der Waals surface area contributed by atoms with E-state index >= 15 is 0 Å². The number of rotatable bonds is 3. The minimum atomic E-state index is -1.14. The van der Waals surface area contributed by atoms with Crippen molar-refractivity contribution in [3.05, 3.63) is 56.7 Å². The summed E-state index contributed by atoms with van der Waals surface area (Å²) in [7, 11) is 0. The van der Waals surface area contributed by atoms with Crippen molar-refractivity contribution < 1.29 is 9.90 Å². The molecule has 0 amide bonds. The van der Waals surface area contributed by atoms with Crippen molar-refractivity contribution in [2.24, 2.45) is 0 Å². The Kier molecular flexibility index (Phi) is 3.33. The van der Waals surface area contributed by atoms with E-state index in [0.717, 1.165) is 6.29 Å². The molecular formula is C13H11ClO2S. The highest BCUT2D eigenvalue weighted by molar-refractivity contribution is 7.11. The van der Waals surface area contributed by atoms with Crippen molar-refractivity contribution in [1.29, 1.82) is 0 Å². The zero-order valence-corrected chi connectivity index (χ0v) is 10.8. The predicted octanol–water partition coefficient (Wildman–Crippen LogP) is 3.47. The van der Waals surface area contributed by atoms with E-state index < -0.39 is 5.60 Å². The third-order valence-corrected chi connectivity index (χ3v) is 3.78. The molecule has 1 aromatic carbocycles. The van der Waals surface area contributed by atoms with Gasteiger partial charge in [-0.2, -0.15) is 0 Å². The molecule has 0 fully saturated rings. The van der Waals surface area contributed by atoms with E-state index in [2.05, 4.69) is 0 Å². The summed E-state index contributed by atoms with van der Waals surface area (Å²) in [5.74, 6) is 0. The Morgan fingerprint density at radius 2 is 2.12 bits per heavy atom. The number of thiophene rings is 1. The Morgan fingerprint density at radius 1 is 1.35 bits per heavy atom. The molecule has 4 heteroatoms. The van der Waals surface area contributed by atoms with Gasteiger partial charge in [0.1, 0.15) is 5.60 Å². The van der Waals surface area contributed by atoms with Crippen LogP contribution in [-0.4, -0.2) is 11.4 Å². The number of aliphatic hydroxyl groups is 1. The molecule has 88 valence electrons. The van der Waals surface area contributed by atoms with Gasteiger partial charge in [0.15, 0.2) is 6.29 Å². The smallest absolute Gasteiger partial charge is 0.160 e. The molecule has 0 spiro atoms. The summed E-state index contributed by atoms with van der Waals surface area (Å²) in [6.07, 6.45) is 0.780. The Balaban J connectivity index is 2.44. The van der Waals surface area contributed by atoms with Crippen LogP contribution in [0.5, 0.6) is 0 Å². The second-order valence-electron chi connectivity index (χ2n) is 3.94. The van der Waals surface area contributed by atoms with Gasteiger partial charge in [0.25, 0.3) is 0 Å². The average Bonchev–Trinajstić information content (AvgIpc) is 2.78. The van der Waals surface area contributed by atoms with E-state index in [9.17, 15) is 9.90 Å². The summed E-state index contributed by atoms with van der Waals surface area (Å²) in [6.45, 7) is 1.69. The SMILES string of the molecule is CC(O)(c1cccc(Cl)c1)c1csc(C=O)c1. The first-order chi connectivity index (χ1) is 8.04. The molecule has 1 unspecified atom stereocenters. The van der Waals surface area contributed by atoms with Crippen LogP contribution in [0.1, 0.15) is 27.7 Å². The summed E-state index contributed by atoms with van der Waals surface area (Å²) >= 11 is 7.22. The Morgan fingerprint density at radius 3 is 2.71 bits per heavy atom. The summed E-state index contributed by atoms with van der Waals surface area (Å²) in [6, 6.07) is 8.77. The largest absolute Gasteiger partial charge is 0.381 e. The van der Waals surface area contributed by atoms with Gasteiger partial charge in [-0.1, -0.05) is 23.7 Å². The number of halogens is 1. The van der Waals surface area contributed by atoms with E-state index in [0.29, 0.717) is 21.0 Å². The third kappa shape index (κ3) is 2.41. The fraction of sp³-hybridized carbons (Fsp3) is 0.154. The van der Waals surface area contributed by atoms with Crippen LogP contribution in [0.15, 0.2) is 35.7 Å². The minimum Gasteiger partial charge on any atom is -0.381 e. The van der Waals surface area contributed by atoms with Gasteiger partial charge >= 0.3 is 0 Å². The number of carbonyl (C=O) groups is 1. The monoisotopic (exact) mass is 266 g/mol. The number of hydrogen-bond donors (Lipinski definition) is 1. The van der Waals surface area contributed by atoms with Gasteiger partial charge in [-0.15, -0.1) is 11.3 Å². The molecule has 2 nitrogen and oxygen atoms in total. The molecule has 0 saturated heterocycles. The highest BCUT2D eigenvalue weighted by atomic mass is 35.5. The fourth-order valence-electron chi connectivity index (χ4n) is 1.63. The summed E-state index contributed by atoms with van der Waals surface area (Å²) in [5.41, 5.74) is 0.273. The van der Waals surface area contributed by atoms with E-state index in [-0.39, 0.29) is 0 Å². The molecule has 1 N–H and O–H groups in total. The fourth-order valence-corrected chi connectivity index (χ4v) is 2.63. The summed E-state index contributed by atoms with van der Waals surface area (Å²) < 4.78 is 0. The molecule has 1 heterocycles. The molecule has 1 atom stereocenters. The van der Waals surface area contributed by atoms with Crippen molar-refractivity contribution in [2.45, 2.75) is 12.5 Å². The molecule has 2 aromatic rings. The van der Waals surface area contributed by atoms with Gasteiger partial charge in [0.05, 0.1) is 4.88 Å². The van der Waals surface area contributed by atoms with Crippen molar-refractivity contribution in [3.8, 4) is 0 Å². The molecule has 0 aliphatic heterocycles. The van der Waals surface area contributed by atoms with Gasteiger partial charge in [0.2, 0.25) is 0 Å². The van der Waals surface area contributed by atoms with Crippen molar-refractivity contribution in [3.63, 3.8) is 0 Å². The van der Waals surface area contributed by atoms with E-state index in [1.807, 2.05) is 6.07 Å². The lowest BCUT2D eigenvalue weighted by Gasteiger charge is -2.23. The van der Waals surface area contributed by atoms with Crippen LogP contribution >= 0.6 is 22.9 Å². The van der Waals surface area contributed by atoms with Gasteiger partial charge in [-0.25, -0.2) is 0 Å². The average molecular weight is 267 g/mol. The molecule has 0 radical (unpaired) electrons. The molecule has 0 bridgehead atoms. The summed E-state index contributed by atoms with van der Waals surface area (Å²) in [5, 5.41) is 12.9. The zero-order chi connectivity index (χ0) is 12.5. The second kappa shape index (κ2) is 4.61. The van der Waals surface area contributed by atoms with E-state index in [1.54, 1.807) is 36.6 Å². The lowest BCUT2D eigenvalue weighted by atomic mass is 9.90. The lowest BCUT2D eigenvalue weighted by molar-refractivity contribution is 0.103. The maximum atomic E-state index is 10.6. The van der Waals surface area contributed by atoms with Gasteiger partial charge in [-0.05, 0) is 41.6 Å². The first-order valence-electron chi connectivity index (χ1n) is 5.06. The normalized spacial score (nSPS) is 14.3. The van der Waals surface area contributed by atoms with Crippen LogP contribution in [0.2, 0.25) is 5.02 Å². The maximum Gasteiger partial charge on any atom is 0.160 e. The molecule has 0 aliphatic rings. The van der Waals surface area contributed by atoms with Crippen LogP contribution in [0.4, 0.5) is 0 Å². The third-order valence-electron chi connectivity index (χ3n) is 2.68. The quantitative estimate of drug-likeness (QED) is 0.864. The predicted molar refractivity (Wildman–Crippen MR) is 69.8 cm³/mol. The molecule has 0 saturated carbocycles. The molecular weight excluding hydrogens is 256 g/mol. The Bertz CT molecular complexity index is 546. The molecule has 0 aliphatic carbocycles. The molecule has 1 aromatic heterocycles. The van der Waals surface area contributed by atoms with E-state index in [4.69, 9.17) is 11.6 Å². The summed E-state index contributed by atoms with van der Waals surface area (Å²) in [4.78, 5) is 11.2. The van der Waals surface area contributed by atoms with Gasteiger partial charge in [0, 0.05) is 5.02 Å². The van der Waals surface area contributed by atoms with Crippen LogP contribution in [0.25, 0.3) is 0 Å². The zero-order valence-electron chi connectivity index (χ0n) is 9.18. The topological polar surface area (TPSA) is 37.3 Å². The highest BCUT2D eigenvalue weighted by Crippen LogP contribution is 2.32. The number of hydrogen-bond acceptors (Lipinski definition) is 3. The van der Waals surface area contributed by atoms with Crippen molar-refractivity contribution >= 4 is 29.2 Å².